The van der Waals surface area contributed by atoms with Crippen molar-refractivity contribution in [2.75, 3.05) is 6.61 Å². The molecule has 0 amide bonds. The molecular formula is C22H27N3O2. The Morgan fingerprint density at radius 1 is 0.963 bits per heavy atom. The monoisotopic (exact) mass is 365 g/mol. The smallest absolute Gasteiger partial charge is 0.219 e. The summed E-state index contributed by atoms with van der Waals surface area (Å²) in [6.45, 7) is 9.01. The SMILES string of the molecule is CCOC(C(Oc1ccc(-c2ccccc2)cc1)n1cncn1)C(C)(C)C. The van der Waals surface area contributed by atoms with Gasteiger partial charge in [-0.25, -0.2) is 9.67 Å². The molecule has 0 aliphatic rings. The van der Waals surface area contributed by atoms with E-state index in [1.54, 1.807) is 11.0 Å². The normalized spacial score (nSPS) is 13.9. The first-order chi connectivity index (χ1) is 13.0. The molecule has 0 aliphatic carbocycles. The lowest BCUT2D eigenvalue weighted by Gasteiger charge is -2.36. The molecule has 0 fully saturated rings. The number of ether oxygens (including phenoxy) is 2. The van der Waals surface area contributed by atoms with E-state index in [1.807, 2.05) is 37.3 Å². The van der Waals surface area contributed by atoms with Gasteiger partial charge in [0.1, 0.15) is 24.5 Å². The molecule has 2 aromatic carbocycles. The summed E-state index contributed by atoms with van der Waals surface area (Å²) in [6.07, 6.45) is 2.59. The molecule has 142 valence electrons. The molecule has 27 heavy (non-hydrogen) atoms. The van der Waals surface area contributed by atoms with Gasteiger partial charge < -0.3 is 9.47 Å². The van der Waals surface area contributed by atoms with Crippen LogP contribution < -0.4 is 4.74 Å². The third-order valence-electron chi connectivity index (χ3n) is 4.37. The van der Waals surface area contributed by atoms with Crippen LogP contribution in [0.5, 0.6) is 5.75 Å². The molecule has 0 radical (unpaired) electrons. The highest BCUT2D eigenvalue weighted by atomic mass is 16.6. The molecule has 5 nitrogen and oxygen atoms in total. The maximum Gasteiger partial charge on any atom is 0.219 e. The van der Waals surface area contributed by atoms with Crippen LogP contribution in [-0.2, 0) is 4.74 Å². The van der Waals surface area contributed by atoms with Crippen molar-refractivity contribution in [3.63, 3.8) is 0 Å². The maximum absolute atomic E-state index is 6.33. The second kappa shape index (κ2) is 8.35. The standard InChI is InChI=1S/C22H27N3O2/c1-5-26-20(22(2,3)4)21(25-16-23-15-24-25)27-19-13-11-18(12-14-19)17-9-7-6-8-10-17/h6-16,20-21H,5H2,1-4H3. The number of benzene rings is 2. The zero-order valence-corrected chi connectivity index (χ0v) is 16.4. The average molecular weight is 365 g/mol. The summed E-state index contributed by atoms with van der Waals surface area (Å²) >= 11 is 0. The van der Waals surface area contributed by atoms with E-state index in [4.69, 9.17) is 9.47 Å². The third kappa shape index (κ3) is 4.74. The number of aromatic nitrogens is 3. The maximum atomic E-state index is 6.33. The predicted octanol–water partition coefficient (Wildman–Crippen LogP) is 4.97. The van der Waals surface area contributed by atoms with Gasteiger partial charge >= 0.3 is 0 Å². The van der Waals surface area contributed by atoms with Gasteiger partial charge in [-0.2, -0.15) is 5.10 Å². The van der Waals surface area contributed by atoms with Crippen molar-refractivity contribution >= 4 is 0 Å². The van der Waals surface area contributed by atoms with E-state index in [0.29, 0.717) is 6.61 Å². The first-order valence-electron chi connectivity index (χ1n) is 9.27. The topological polar surface area (TPSA) is 49.2 Å². The summed E-state index contributed by atoms with van der Waals surface area (Å²) in [5.41, 5.74) is 2.20. The highest BCUT2D eigenvalue weighted by Crippen LogP contribution is 2.33. The molecule has 3 aromatic rings. The van der Waals surface area contributed by atoms with Crippen molar-refractivity contribution in [1.29, 1.82) is 0 Å². The van der Waals surface area contributed by atoms with Gasteiger partial charge in [0.05, 0.1) is 0 Å². The number of hydrogen-bond acceptors (Lipinski definition) is 4. The molecule has 1 aromatic heterocycles. The van der Waals surface area contributed by atoms with Crippen LogP contribution in [0.1, 0.15) is 33.9 Å². The van der Waals surface area contributed by atoms with Crippen molar-refractivity contribution in [2.24, 2.45) is 5.41 Å². The lowest BCUT2D eigenvalue weighted by atomic mass is 9.87. The molecule has 0 saturated carbocycles. The van der Waals surface area contributed by atoms with Crippen molar-refractivity contribution in [1.82, 2.24) is 14.8 Å². The van der Waals surface area contributed by atoms with Gasteiger partial charge in [-0.3, -0.25) is 0 Å². The lowest BCUT2D eigenvalue weighted by Crippen LogP contribution is -2.41. The Kier molecular flexibility index (Phi) is 5.91. The van der Waals surface area contributed by atoms with E-state index in [9.17, 15) is 0 Å². The minimum absolute atomic E-state index is 0.128. The fourth-order valence-electron chi connectivity index (χ4n) is 3.04. The van der Waals surface area contributed by atoms with Crippen LogP contribution in [0, 0.1) is 5.41 Å². The van der Waals surface area contributed by atoms with Gasteiger partial charge in [-0.1, -0.05) is 63.2 Å². The van der Waals surface area contributed by atoms with E-state index in [-0.39, 0.29) is 11.5 Å². The van der Waals surface area contributed by atoms with Crippen molar-refractivity contribution in [3.8, 4) is 16.9 Å². The Labute approximate surface area is 161 Å². The van der Waals surface area contributed by atoms with Crippen molar-refractivity contribution in [3.05, 3.63) is 67.3 Å². The first-order valence-corrected chi connectivity index (χ1v) is 9.27. The third-order valence-corrected chi connectivity index (χ3v) is 4.37. The minimum atomic E-state index is -0.407. The Balaban J connectivity index is 1.86. The lowest BCUT2D eigenvalue weighted by molar-refractivity contribution is -0.111. The zero-order chi connectivity index (χ0) is 19.3. The Morgan fingerprint density at radius 2 is 1.63 bits per heavy atom. The van der Waals surface area contributed by atoms with E-state index < -0.39 is 6.23 Å². The van der Waals surface area contributed by atoms with Crippen LogP contribution in [0.15, 0.2) is 67.3 Å². The van der Waals surface area contributed by atoms with E-state index in [0.717, 1.165) is 11.3 Å². The quantitative estimate of drug-likeness (QED) is 0.593. The molecule has 0 bridgehead atoms. The van der Waals surface area contributed by atoms with Crippen molar-refractivity contribution in [2.45, 2.75) is 40.0 Å². The number of nitrogens with zero attached hydrogens (tertiary/aromatic N) is 3. The summed E-state index contributed by atoms with van der Waals surface area (Å²) in [5.74, 6) is 0.768. The van der Waals surface area contributed by atoms with E-state index in [2.05, 4.69) is 55.1 Å². The van der Waals surface area contributed by atoms with Crippen LogP contribution in [0.3, 0.4) is 0 Å². The summed E-state index contributed by atoms with van der Waals surface area (Å²) in [7, 11) is 0. The van der Waals surface area contributed by atoms with E-state index >= 15 is 0 Å². The average Bonchev–Trinajstić information content (AvgIpc) is 3.19. The summed E-state index contributed by atoms with van der Waals surface area (Å²) < 4.78 is 14.1. The molecule has 1 heterocycles. The van der Waals surface area contributed by atoms with Gasteiger partial charge in [-0.15, -0.1) is 0 Å². The molecular weight excluding hydrogens is 338 g/mol. The molecule has 0 spiro atoms. The van der Waals surface area contributed by atoms with Crippen LogP contribution >= 0.6 is 0 Å². The van der Waals surface area contributed by atoms with Crippen LogP contribution in [0.2, 0.25) is 0 Å². The van der Waals surface area contributed by atoms with E-state index in [1.165, 1.54) is 11.9 Å². The molecule has 5 heteroatoms. The molecule has 2 atom stereocenters. The van der Waals surface area contributed by atoms with Gasteiger partial charge in [0, 0.05) is 6.61 Å². The Morgan fingerprint density at radius 3 is 2.19 bits per heavy atom. The fourth-order valence-corrected chi connectivity index (χ4v) is 3.04. The summed E-state index contributed by atoms with van der Waals surface area (Å²) in [6, 6.07) is 18.4. The van der Waals surface area contributed by atoms with Gasteiger partial charge in [0.15, 0.2) is 0 Å². The van der Waals surface area contributed by atoms with Gasteiger partial charge in [0.25, 0.3) is 0 Å². The first kappa shape index (κ1) is 19.1. The van der Waals surface area contributed by atoms with Crippen molar-refractivity contribution < 1.29 is 9.47 Å². The molecule has 0 N–H and O–H groups in total. The molecule has 0 aliphatic heterocycles. The highest BCUT2D eigenvalue weighted by molar-refractivity contribution is 5.63. The molecule has 2 unspecified atom stereocenters. The fraction of sp³-hybridized carbons (Fsp3) is 0.364. The molecule has 3 rings (SSSR count). The zero-order valence-electron chi connectivity index (χ0n) is 16.4. The van der Waals surface area contributed by atoms with Gasteiger partial charge in [-0.05, 0) is 35.6 Å². The minimum Gasteiger partial charge on any atom is -0.466 e. The second-order valence-electron chi connectivity index (χ2n) is 7.52. The Hall–Kier alpha value is -2.66. The number of rotatable bonds is 7. The highest BCUT2D eigenvalue weighted by Gasteiger charge is 2.36. The predicted molar refractivity (Wildman–Crippen MR) is 106 cm³/mol. The van der Waals surface area contributed by atoms with Crippen LogP contribution in [0.4, 0.5) is 0 Å². The van der Waals surface area contributed by atoms with Crippen LogP contribution in [0.25, 0.3) is 11.1 Å². The second-order valence-corrected chi connectivity index (χ2v) is 7.52. The molecule has 0 saturated heterocycles. The van der Waals surface area contributed by atoms with Gasteiger partial charge in [0.2, 0.25) is 6.23 Å². The Bertz CT molecular complexity index is 809. The summed E-state index contributed by atoms with van der Waals surface area (Å²) in [4.78, 5) is 4.08. The largest absolute Gasteiger partial charge is 0.466 e. The number of hydrogen-bond donors (Lipinski definition) is 0. The van der Waals surface area contributed by atoms with Crippen LogP contribution in [-0.4, -0.2) is 27.5 Å². The summed E-state index contributed by atoms with van der Waals surface area (Å²) in [5, 5.41) is 4.30.